The molecule has 29 heavy (non-hydrogen) atoms. The molecule has 1 unspecified atom stereocenters. The van der Waals surface area contributed by atoms with Crippen LogP contribution >= 0.6 is 11.8 Å². The maximum absolute atomic E-state index is 12.3. The van der Waals surface area contributed by atoms with Crippen LogP contribution in [0.3, 0.4) is 0 Å². The standard InChI is InChI=1S/C22H20N2O4S/c1-27-21-20-16(15-9-5-6-10-17(15)23-21)11-18(25)24-22(20)29-13-19(26)28-12-14-7-3-2-4-8-14/h2-10,16H,11-13H2,1H3,(H,24,25). The van der Waals surface area contributed by atoms with Gasteiger partial charge in [-0.3, -0.25) is 9.59 Å². The molecule has 0 spiro atoms. The number of carbonyl (C=O) groups excluding carboxylic acids is 2. The number of ether oxygens (including phenoxy) is 2. The summed E-state index contributed by atoms with van der Waals surface area (Å²) >= 11 is 1.24. The molecule has 0 saturated carbocycles. The minimum absolute atomic E-state index is 0.0807. The fourth-order valence-corrected chi connectivity index (χ4v) is 4.35. The van der Waals surface area contributed by atoms with E-state index in [1.54, 1.807) is 7.11 Å². The van der Waals surface area contributed by atoms with E-state index in [1.807, 2.05) is 54.6 Å². The predicted octanol–water partition coefficient (Wildman–Crippen LogP) is 3.67. The molecule has 6 nitrogen and oxygen atoms in total. The molecular formula is C22H20N2O4S. The number of benzene rings is 2. The van der Waals surface area contributed by atoms with Crippen molar-refractivity contribution in [2.75, 3.05) is 12.9 Å². The van der Waals surface area contributed by atoms with Crippen LogP contribution in [-0.2, 0) is 25.7 Å². The quantitative estimate of drug-likeness (QED) is 0.764. The second-order valence-electron chi connectivity index (χ2n) is 6.66. The van der Waals surface area contributed by atoms with Crippen molar-refractivity contribution in [1.29, 1.82) is 0 Å². The second-order valence-corrected chi connectivity index (χ2v) is 7.65. The largest absolute Gasteiger partial charge is 0.481 e. The summed E-state index contributed by atoms with van der Waals surface area (Å²) in [7, 11) is 1.56. The molecule has 1 N–H and O–H groups in total. The molecule has 2 aliphatic rings. The first-order chi connectivity index (χ1) is 14.2. The molecule has 0 bridgehead atoms. The summed E-state index contributed by atoms with van der Waals surface area (Å²) in [5.74, 6) is -0.0392. The van der Waals surface area contributed by atoms with Crippen LogP contribution in [0.5, 0.6) is 0 Å². The van der Waals surface area contributed by atoms with Gasteiger partial charge in [0.1, 0.15) is 6.61 Å². The zero-order valence-corrected chi connectivity index (χ0v) is 16.7. The number of carbonyl (C=O) groups is 2. The first-order valence-corrected chi connectivity index (χ1v) is 10.2. The summed E-state index contributed by atoms with van der Waals surface area (Å²) in [6.07, 6.45) is 0.317. The van der Waals surface area contributed by atoms with Gasteiger partial charge in [0.15, 0.2) is 0 Å². The zero-order valence-electron chi connectivity index (χ0n) is 15.9. The third kappa shape index (κ3) is 4.19. The van der Waals surface area contributed by atoms with Gasteiger partial charge in [-0.25, -0.2) is 4.99 Å². The molecule has 0 aliphatic carbocycles. The van der Waals surface area contributed by atoms with Crippen LogP contribution < -0.4 is 5.32 Å². The molecule has 2 aromatic rings. The Morgan fingerprint density at radius 2 is 1.93 bits per heavy atom. The fourth-order valence-electron chi connectivity index (χ4n) is 3.44. The first kappa shape index (κ1) is 19.3. The third-order valence-corrected chi connectivity index (χ3v) is 5.76. The summed E-state index contributed by atoms with van der Waals surface area (Å²) in [5.41, 5.74) is 3.53. The van der Waals surface area contributed by atoms with Crippen molar-refractivity contribution in [2.45, 2.75) is 18.9 Å². The highest BCUT2D eigenvalue weighted by Crippen LogP contribution is 2.44. The Hall–Kier alpha value is -3.06. The number of hydrogen-bond acceptors (Lipinski definition) is 6. The number of rotatable bonds is 5. The van der Waals surface area contributed by atoms with Crippen molar-refractivity contribution < 1.29 is 19.1 Å². The van der Waals surface area contributed by atoms with Gasteiger partial charge in [-0.15, -0.1) is 0 Å². The number of para-hydroxylation sites is 1. The van der Waals surface area contributed by atoms with Crippen LogP contribution in [0.4, 0.5) is 5.69 Å². The maximum atomic E-state index is 12.3. The topological polar surface area (TPSA) is 77.0 Å². The Kier molecular flexibility index (Phi) is 5.67. The van der Waals surface area contributed by atoms with Gasteiger partial charge < -0.3 is 14.8 Å². The molecular weight excluding hydrogens is 388 g/mol. The van der Waals surface area contributed by atoms with Gasteiger partial charge in [0.25, 0.3) is 0 Å². The number of methoxy groups -OCH3 is 1. The first-order valence-electron chi connectivity index (χ1n) is 9.24. The number of aliphatic imine (C=N–C) groups is 1. The van der Waals surface area contributed by atoms with E-state index in [2.05, 4.69) is 10.3 Å². The van der Waals surface area contributed by atoms with Crippen LogP contribution in [0, 0.1) is 0 Å². The van der Waals surface area contributed by atoms with Gasteiger partial charge in [0, 0.05) is 12.3 Å². The number of nitrogens with one attached hydrogen (secondary N) is 1. The molecule has 4 rings (SSSR count). The van der Waals surface area contributed by atoms with Gasteiger partial charge in [-0.1, -0.05) is 60.3 Å². The number of amides is 1. The van der Waals surface area contributed by atoms with Crippen LogP contribution in [0.2, 0.25) is 0 Å². The Balaban J connectivity index is 1.52. The Labute approximate surface area is 173 Å². The minimum atomic E-state index is -0.351. The summed E-state index contributed by atoms with van der Waals surface area (Å²) in [4.78, 5) is 29.1. The van der Waals surface area contributed by atoms with Crippen molar-refractivity contribution in [2.24, 2.45) is 4.99 Å². The molecule has 2 aromatic carbocycles. The lowest BCUT2D eigenvalue weighted by atomic mass is 9.83. The van der Waals surface area contributed by atoms with Gasteiger partial charge in [-0.2, -0.15) is 0 Å². The highest BCUT2D eigenvalue weighted by molar-refractivity contribution is 8.03. The summed E-state index contributed by atoms with van der Waals surface area (Å²) in [6.45, 7) is 0.222. The van der Waals surface area contributed by atoms with Gasteiger partial charge in [-0.05, 0) is 17.2 Å². The number of fused-ring (bicyclic) bond motifs is 3. The molecule has 0 radical (unpaired) electrons. The van der Waals surface area contributed by atoms with Crippen LogP contribution in [-0.4, -0.2) is 30.6 Å². The molecule has 2 heterocycles. The van der Waals surface area contributed by atoms with E-state index >= 15 is 0 Å². The lowest BCUT2D eigenvalue weighted by molar-refractivity contribution is -0.141. The predicted molar refractivity (Wildman–Crippen MR) is 112 cm³/mol. The van der Waals surface area contributed by atoms with Crippen LogP contribution in [0.1, 0.15) is 23.5 Å². The van der Waals surface area contributed by atoms with Crippen molar-refractivity contribution in [1.82, 2.24) is 5.32 Å². The number of hydrogen-bond donors (Lipinski definition) is 1. The second kappa shape index (κ2) is 8.53. The van der Waals surface area contributed by atoms with Crippen molar-refractivity contribution >= 4 is 35.2 Å². The highest BCUT2D eigenvalue weighted by Gasteiger charge is 2.37. The Morgan fingerprint density at radius 3 is 2.72 bits per heavy atom. The van der Waals surface area contributed by atoms with Gasteiger partial charge in [0.2, 0.25) is 11.8 Å². The van der Waals surface area contributed by atoms with Crippen molar-refractivity contribution in [3.63, 3.8) is 0 Å². The van der Waals surface area contributed by atoms with Crippen LogP contribution in [0.25, 0.3) is 0 Å². The van der Waals surface area contributed by atoms with E-state index in [1.165, 1.54) is 11.8 Å². The van der Waals surface area contributed by atoms with Gasteiger partial charge >= 0.3 is 5.97 Å². The molecule has 1 amide bonds. The van der Waals surface area contributed by atoms with E-state index in [0.717, 1.165) is 22.4 Å². The minimum Gasteiger partial charge on any atom is -0.481 e. The number of nitrogens with zero attached hydrogens (tertiary/aromatic N) is 1. The third-order valence-electron chi connectivity index (χ3n) is 4.77. The SMILES string of the molecule is COC1=Nc2ccccc2C2CC(=O)NC(SCC(=O)OCc3ccccc3)=C12. The Morgan fingerprint density at radius 1 is 1.17 bits per heavy atom. The van der Waals surface area contributed by atoms with E-state index in [0.29, 0.717) is 17.3 Å². The molecule has 2 aliphatic heterocycles. The fraction of sp³-hybridized carbons (Fsp3) is 0.227. The van der Waals surface area contributed by atoms with Crippen molar-refractivity contribution in [3.05, 3.63) is 76.3 Å². The summed E-state index contributed by atoms with van der Waals surface area (Å²) in [5, 5.41) is 3.47. The monoisotopic (exact) mass is 408 g/mol. The average molecular weight is 408 g/mol. The van der Waals surface area contributed by atoms with Crippen molar-refractivity contribution in [3.8, 4) is 0 Å². The average Bonchev–Trinajstić information content (AvgIpc) is 2.76. The molecule has 0 aromatic heterocycles. The van der Waals surface area contributed by atoms with E-state index in [9.17, 15) is 9.59 Å². The summed E-state index contributed by atoms with van der Waals surface area (Å²) in [6, 6.07) is 17.2. The van der Waals surface area contributed by atoms with Crippen LogP contribution in [0.15, 0.2) is 70.2 Å². The van der Waals surface area contributed by atoms with E-state index in [4.69, 9.17) is 9.47 Å². The molecule has 7 heteroatoms. The molecule has 0 saturated heterocycles. The maximum Gasteiger partial charge on any atom is 0.316 e. The lowest BCUT2D eigenvalue weighted by Gasteiger charge is -2.32. The lowest BCUT2D eigenvalue weighted by Crippen LogP contribution is -2.35. The molecule has 148 valence electrons. The zero-order chi connectivity index (χ0) is 20.2. The molecule has 0 fully saturated rings. The van der Waals surface area contributed by atoms with E-state index < -0.39 is 0 Å². The smallest absolute Gasteiger partial charge is 0.316 e. The highest BCUT2D eigenvalue weighted by atomic mass is 32.2. The van der Waals surface area contributed by atoms with Gasteiger partial charge in [0.05, 0.1) is 29.2 Å². The molecule has 1 atom stereocenters. The number of thioether (sulfide) groups is 1. The normalized spacial score (nSPS) is 17.6. The summed E-state index contributed by atoms with van der Waals surface area (Å²) < 4.78 is 10.8. The number of esters is 1. The van der Waals surface area contributed by atoms with E-state index in [-0.39, 0.29) is 30.2 Å². The Bertz CT molecular complexity index is 1000.